The van der Waals surface area contributed by atoms with E-state index in [1.54, 1.807) is 0 Å². The average Bonchev–Trinajstić information content (AvgIpc) is 1.97. The van der Waals surface area contributed by atoms with Crippen LogP contribution in [0.15, 0.2) is 12.2 Å². The largest absolute Gasteiger partial charge is 0.377 e. The van der Waals surface area contributed by atoms with Crippen LogP contribution in [0, 0.1) is 0 Å². The molecule has 0 saturated carbocycles. The maximum absolute atomic E-state index is 5.49. The smallest absolute Gasteiger partial charge is 0.0626 e. The fourth-order valence-corrected chi connectivity index (χ4v) is 0.974. The van der Waals surface area contributed by atoms with Gasteiger partial charge < -0.3 is 10.1 Å². The normalized spacial score (nSPS) is 13.4. The molecule has 1 N–H and O–H groups in total. The maximum atomic E-state index is 5.49. The molecule has 0 rings (SSSR count). The van der Waals surface area contributed by atoms with E-state index in [0.29, 0.717) is 12.1 Å². The number of rotatable bonds is 6. The molecule has 0 spiro atoms. The van der Waals surface area contributed by atoms with Crippen LogP contribution in [0.5, 0.6) is 0 Å². The molecule has 0 aromatic carbocycles. The molecule has 0 saturated heterocycles. The molecule has 0 aliphatic heterocycles. The standard InChI is InChI=1S/C10H21NO/c1-8(2)6-10(11-5)7-12-9(3)4/h9-11H,1,6-7H2,2-5H3. The van der Waals surface area contributed by atoms with E-state index in [1.807, 2.05) is 27.8 Å². The SMILES string of the molecule is C=C(C)CC(COC(C)C)NC. The third kappa shape index (κ3) is 6.38. The first kappa shape index (κ1) is 11.7. The number of nitrogens with one attached hydrogen (secondary N) is 1. The molecule has 0 bridgehead atoms. The van der Waals surface area contributed by atoms with Crippen molar-refractivity contribution in [2.24, 2.45) is 0 Å². The van der Waals surface area contributed by atoms with Crippen molar-refractivity contribution in [2.75, 3.05) is 13.7 Å². The van der Waals surface area contributed by atoms with Crippen molar-refractivity contribution in [1.82, 2.24) is 5.32 Å². The summed E-state index contributed by atoms with van der Waals surface area (Å²) in [6.07, 6.45) is 1.30. The van der Waals surface area contributed by atoms with Gasteiger partial charge in [-0.3, -0.25) is 0 Å². The van der Waals surface area contributed by atoms with Gasteiger partial charge >= 0.3 is 0 Å². The predicted octanol–water partition coefficient (Wildman–Crippen LogP) is 1.97. The van der Waals surface area contributed by atoms with Crippen molar-refractivity contribution in [2.45, 2.75) is 39.3 Å². The van der Waals surface area contributed by atoms with E-state index < -0.39 is 0 Å². The van der Waals surface area contributed by atoms with Crippen LogP contribution < -0.4 is 5.32 Å². The van der Waals surface area contributed by atoms with Crippen molar-refractivity contribution in [3.05, 3.63) is 12.2 Å². The molecule has 1 atom stereocenters. The average molecular weight is 171 g/mol. The predicted molar refractivity (Wildman–Crippen MR) is 53.4 cm³/mol. The van der Waals surface area contributed by atoms with Gasteiger partial charge in [0.25, 0.3) is 0 Å². The summed E-state index contributed by atoms with van der Waals surface area (Å²) in [4.78, 5) is 0. The Bertz CT molecular complexity index is 132. The van der Waals surface area contributed by atoms with Gasteiger partial charge in [0.05, 0.1) is 12.7 Å². The Morgan fingerprint density at radius 2 is 2.08 bits per heavy atom. The Kier molecular flexibility index (Phi) is 6.03. The number of likely N-dealkylation sites (N-methyl/N-ethyl adjacent to an activating group) is 1. The first-order chi connectivity index (χ1) is 5.56. The molecule has 0 heterocycles. The molecule has 0 aromatic rings. The van der Waals surface area contributed by atoms with Crippen molar-refractivity contribution in [3.63, 3.8) is 0 Å². The Balaban J connectivity index is 3.60. The van der Waals surface area contributed by atoms with Gasteiger partial charge in [-0.05, 0) is 34.2 Å². The lowest BCUT2D eigenvalue weighted by atomic mass is 10.1. The monoisotopic (exact) mass is 171 g/mol. The first-order valence-electron chi connectivity index (χ1n) is 4.49. The minimum atomic E-state index is 0.311. The zero-order valence-corrected chi connectivity index (χ0v) is 8.68. The summed E-state index contributed by atoms with van der Waals surface area (Å²) in [5, 5.41) is 3.20. The highest BCUT2D eigenvalue weighted by Crippen LogP contribution is 2.03. The lowest BCUT2D eigenvalue weighted by molar-refractivity contribution is 0.0628. The Morgan fingerprint density at radius 3 is 2.42 bits per heavy atom. The summed E-state index contributed by atoms with van der Waals surface area (Å²) in [7, 11) is 1.96. The highest BCUT2D eigenvalue weighted by Gasteiger charge is 2.06. The van der Waals surface area contributed by atoms with Crippen LogP contribution in [0.25, 0.3) is 0 Å². The second-order valence-corrected chi connectivity index (χ2v) is 3.53. The first-order valence-corrected chi connectivity index (χ1v) is 4.49. The van der Waals surface area contributed by atoms with Crippen LogP contribution in [-0.4, -0.2) is 25.8 Å². The number of hydrogen-bond donors (Lipinski definition) is 1. The molecular weight excluding hydrogens is 150 g/mol. The summed E-state index contributed by atoms with van der Waals surface area (Å²) in [5.74, 6) is 0. The Morgan fingerprint density at radius 1 is 1.50 bits per heavy atom. The van der Waals surface area contributed by atoms with E-state index in [-0.39, 0.29) is 0 Å². The second kappa shape index (κ2) is 6.21. The molecular formula is C10H21NO. The van der Waals surface area contributed by atoms with Crippen molar-refractivity contribution in [3.8, 4) is 0 Å². The van der Waals surface area contributed by atoms with Gasteiger partial charge in [0.2, 0.25) is 0 Å². The Labute approximate surface area is 76.0 Å². The van der Waals surface area contributed by atoms with Crippen LogP contribution in [0.1, 0.15) is 27.2 Å². The fraction of sp³-hybridized carbons (Fsp3) is 0.800. The van der Waals surface area contributed by atoms with Crippen LogP contribution >= 0.6 is 0 Å². The van der Waals surface area contributed by atoms with E-state index in [9.17, 15) is 0 Å². The molecule has 72 valence electrons. The van der Waals surface area contributed by atoms with Crippen molar-refractivity contribution in [1.29, 1.82) is 0 Å². The summed E-state index contributed by atoms with van der Waals surface area (Å²) < 4.78 is 5.49. The highest BCUT2D eigenvalue weighted by atomic mass is 16.5. The molecule has 12 heavy (non-hydrogen) atoms. The van der Waals surface area contributed by atoms with Gasteiger partial charge in [-0.2, -0.15) is 0 Å². The minimum absolute atomic E-state index is 0.311. The quantitative estimate of drug-likeness (QED) is 0.617. The molecule has 0 aromatic heterocycles. The van der Waals surface area contributed by atoms with Gasteiger partial charge in [-0.15, -0.1) is 6.58 Å². The summed E-state index contributed by atoms with van der Waals surface area (Å²) in [5.41, 5.74) is 1.20. The van der Waals surface area contributed by atoms with Crippen LogP contribution in [-0.2, 0) is 4.74 Å². The van der Waals surface area contributed by atoms with Gasteiger partial charge in [0, 0.05) is 6.04 Å². The maximum Gasteiger partial charge on any atom is 0.0626 e. The van der Waals surface area contributed by atoms with Crippen LogP contribution in [0.2, 0.25) is 0 Å². The molecule has 2 heteroatoms. The summed E-state index contributed by atoms with van der Waals surface area (Å²) >= 11 is 0. The molecule has 0 aliphatic carbocycles. The van der Waals surface area contributed by atoms with E-state index in [1.165, 1.54) is 5.57 Å². The van der Waals surface area contributed by atoms with Crippen molar-refractivity contribution < 1.29 is 4.74 Å². The number of ether oxygens (including phenoxy) is 1. The second-order valence-electron chi connectivity index (χ2n) is 3.53. The third-order valence-corrected chi connectivity index (χ3v) is 1.63. The summed E-state index contributed by atoms with van der Waals surface area (Å²) in [6.45, 7) is 10.8. The zero-order chi connectivity index (χ0) is 9.56. The zero-order valence-electron chi connectivity index (χ0n) is 8.68. The molecule has 1 unspecified atom stereocenters. The van der Waals surface area contributed by atoms with E-state index in [2.05, 4.69) is 11.9 Å². The highest BCUT2D eigenvalue weighted by molar-refractivity contribution is 4.92. The van der Waals surface area contributed by atoms with Gasteiger partial charge in [0.15, 0.2) is 0 Å². The fourth-order valence-electron chi connectivity index (χ4n) is 0.974. The molecule has 0 amide bonds. The van der Waals surface area contributed by atoms with E-state index >= 15 is 0 Å². The Hall–Kier alpha value is -0.340. The van der Waals surface area contributed by atoms with Crippen LogP contribution in [0.4, 0.5) is 0 Å². The third-order valence-electron chi connectivity index (χ3n) is 1.63. The lowest BCUT2D eigenvalue weighted by Gasteiger charge is -2.17. The lowest BCUT2D eigenvalue weighted by Crippen LogP contribution is -2.31. The summed E-state index contributed by atoms with van der Waals surface area (Å²) in [6, 6.07) is 0.407. The van der Waals surface area contributed by atoms with Crippen molar-refractivity contribution >= 4 is 0 Å². The van der Waals surface area contributed by atoms with E-state index in [4.69, 9.17) is 4.74 Å². The number of hydrogen-bond acceptors (Lipinski definition) is 2. The van der Waals surface area contributed by atoms with Crippen LogP contribution in [0.3, 0.4) is 0 Å². The van der Waals surface area contributed by atoms with Gasteiger partial charge in [-0.1, -0.05) is 5.57 Å². The molecule has 0 radical (unpaired) electrons. The van der Waals surface area contributed by atoms with E-state index in [0.717, 1.165) is 13.0 Å². The minimum Gasteiger partial charge on any atom is -0.377 e. The molecule has 0 fully saturated rings. The molecule has 2 nitrogen and oxygen atoms in total. The van der Waals surface area contributed by atoms with Gasteiger partial charge in [-0.25, -0.2) is 0 Å². The topological polar surface area (TPSA) is 21.3 Å². The molecule has 0 aliphatic rings. The van der Waals surface area contributed by atoms with Gasteiger partial charge in [0.1, 0.15) is 0 Å².